The van der Waals surface area contributed by atoms with E-state index in [9.17, 15) is 0 Å². The molecule has 0 aliphatic heterocycles. The third-order valence-corrected chi connectivity index (χ3v) is 3.68. The van der Waals surface area contributed by atoms with Crippen LogP contribution in [0.4, 0.5) is 0 Å². The normalized spacial score (nSPS) is 13.3. The molecular weight excluding hydrogens is 218 g/mol. The molecule has 0 aliphatic rings. The maximum atomic E-state index is 5.79. The van der Waals surface area contributed by atoms with Crippen molar-refractivity contribution in [2.75, 3.05) is 6.54 Å². The van der Waals surface area contributed by atoms with Crippen LogP contribution >= 0.6 is 0 Å². The van der Waals surface area contributed by atoms with Crippen LogP contribution in [0.3, 0.4) is 0 Å². The molecule has 1 aromatic rings. The Labute approximate surface area is 113 Å². The Kier molecular flexibility index (Phi) is 5.87. The third kappa shape index (κ3) is 4.13. The van der Waals surface area contributed by atoms with E-state index in [0.29, 0.717) is 11.8 Å². The van der Waals surface area contributed by atoms with Crippen LogP contribution in [0.1, 0.15) is 69.1 Å². The van der Waals surface area contributed by atoms with Gasteiger partial charge in [-0.15, -0.1) is 0 Å². The van der Waals surface area contributed by atoms with Crippen LogP contribution < -0.4 is 5.73 Å². The summed E-state index contributed by atoms with van der Waals surface area (Å²) in [5, 5.41) is 0. The predicted molar refractivity (Wildman–Crippen MR) is 81.1 cm³/mol. The molecule has 0 aromatic heterocycles. The molecule has 1 aromatic carbocycles. The summed E-state index contributed by atoms with van der Waals surface area (Å²) in [5.41, 5.74) is 10.2. The van der Waals surface area contributed by atoms with Gasteiger partial charge in [-0.25, -0.2) is 0 Å². The summed E-state index contributed by atoms with van der Waals surface area (Å²) in [6, 6.07) is 6.94. The molecule has 1 atom stereocenters. The van der Waals surface area contributed by atoms with E-state index in [4.69, 9.17) is 5.73 Å². The lowest BCUT2D eigenvalue weighted by Gasteiger charge is -2.22. The number of nitrogens with two attached hydrogens (primary N) is 1. The molecule has 0 aliphatic carbocycles. The summed E-state index contributed by atoms with van der Waals surface area (Å²) in [5.74, 6) is 1.94. The first-order valence-electron chi connectivity index (χ1n) is 7.26. The van der Waals surface area contributed by atoms with Gasteiger partial charge in [0, 0.05) is 0 Å². The number of aryl methyl sites for hydroxylation is 1. The van der Waals surface area contributed by atoms with Crippen LogP contribution in [-0.4, -0.2) is 6.54 Å². The molecule has 1 rings (SSSR count). The van der Waals surface area contributed by atoms with Crippen molar-refractivity contribution in [3.05, 3.63) is 34.9 Å². The van der Waals surface area contributed by atoms with E-state index in [0.717, 1.165) is 18.9 Å². The lowest BCUT2D eigenvalue weighted by Crippen LogP contribution is -2.11. The van der Waals surface area contributed by atoms with Crippen LogP contribution in [0.15, 0.2) is 18.2 Å². The fourth-order valence-corrected chi connectivity index (χ4v) is 2.63. The zero-order chi connectivity index (χ0) is 13.7. The minimum absolute atomic E-state index is 0.599. The molecule has 2 N–H and O–H groups in total. The molecule has 1 heteroatoms. The molecule has 0 fully saturated rings. The molecule has 0 heterocycles. The van der Waals surface area contributed by atoms with Crippen molar-refractivity contribution in [1.29, 1.82) is 0 Å². The second kappa shape index (κ2) is 6.94. The number of benzene rings is 1. The van der Waals surface area contributed by atoms with E-state index in [1.807, 2.05) is 0 Å². The second-order valence-electron chi connectivity index (χ2n) is 6.17. The zero-order valence-electron chi connectivity index (χ0n) is 12.7. The Bertz CT molecular complexity index is 366. The summed E-state index contributed by atoms with van der Waals surface area (Å²) in [6.07, 6.45) is 2.33. The van der Waals surface area contributed by atoms with Gasteiger partial charge in [-0.05, 0) is 60.8 Å². The molecule has 0 saturated heterocycles. The molecule has 0 radical (unpaired) electrons. The average Bonchev–Trinajstić information content (AvgIpc) is 2.28. The minimum Gasteiger partial charge on any atom is -0.330 e. The summed E-state index contributed by atoms with van der Waals surface area (Å²) in [6.45, 7) is 12.1. The van der Waals surface area contributed by atoms with Gasteiger partial charge in [0.25, 0.3) is 0 Å². The molecule has 0 saturated carbocycles. The monoisotopic (exact) mass is 247 g/mol. The summed E-state index contributed by atoms with van der Waals surface area (Å²) in [4.78, 5) is 0. The van der Waals surface area contributed by atoms with Crippen LogP contribution in [0.5, 0.6) is 0 Å². The van der Waals surface area contributed by atoms with Gasteiger partial charge in [-0.2, -0.15) is 0 Å². The van der Waals surface area contributed by atoms with Crippen molar-refractivity contribution >= 4 is 0 Å². The van der Waals surface area contributed by atoms with Crippen LogP contribution in [0, 0.1) is 12.8 Å². The smallest absolute Gasteiger partial charge is 0.00714 e. The first-order chi connectivity index (χ1) is 8.45. The van der Waals surface area contributed by atoms with Gasteiger partial charge in [0.2, 0.25) is 0 Å². The highest BCUT2D eigenvalue weighted by Gasteiger charge is 2.16. The third-order valence-electron chi connectivity index (χ3n) is 3.68. The molecular formula is C17H29N. The van der Waals surface area contributed by atoms with Gasteiger partial charge in [0.15, 0.2) is 0 Å². The molecule has 102 valence electrons. The van der Waals surface area contributed by atoms with E-state index in [-0.39, 0.29) is 0 Å². The first kappa shape index (κ1) is 15.2. The largest absolute Gasteiger partial charge is 0.330 e. The predicted octanol–water partition coefficient (Wildman–Crippen LogP) is 4.60. The van der Waals surface area contributed by atoms with Crippen molar-refractivity contribution < 1.29 is 0 Å². The summed E-state index contributed by atoms with van der Waals surface area (Å²) in [7, 11) is 0. The van der Waals surface area contributed by atoms with Crippen molar-refractivity contribution in [1.82, 2.24) is 0 Å². The van der Waals surface area contributed by atoms with E-state index >= 15 is 0 Å². The molecule has 1 unspecified atom stereocenters. The van der Waals surface area contributed by atoms with E-state index in [1.165, 1.54) is 23.1 Å². The average molecular weight is 247 g/mol. The fourth-order valence-electron chi connectivity index (χ4n) is 2.63. The van der Waals surface area contributed by atoms with E-state index in [2.05, 4.69) is 52.8 Å². The van der Waals surface area contributed by atoms with Crippen LogP contribution in [-0.2, 0) is 0 Å². The lowest BCUT2D eigenvalue weighted by molar-refractivity contribution is 0.478. The van der Waals surface area contributed by atoms with Gasteiger partial charge >= 0.3 is 0 Å². The van der Waals surface area contributed by atoms with Crippen molar-refractivity contribution in [2.45, 2.75) is 59.3 Å². The molecule has 1 nitrogen and oxygen atoms in total. The Morgan fingerprint density at radius 3 is 2.28 bits per heavy atom. The highest BCUT2D eigenvalue weighted by molar-refractivity contribution is 5.35. The van der Waals surface area contributed by atoms with Gasteiger partial charge in [0.1, 0.15) is 0 Å². The maximum absolute atomic E-state index is 5.79. The standard InChI is InChI=1S/C17H29N/c1-12(2)10-16(8-9-18)17-11-15(13(3)4)7-6-14(17)5/h6-7,11-13,16H,8-10,18H2,1-5H3. The first-order valence-corrected chi connectivity index (χ1v) is 7.26. The molecule has 0 bridgehead atoms. The minimum atomic E-state index is 0.599. The van der Waals surface area contributed by atoms with Crippen molar-refractivity contribution in [3.8, 4) is 0 Å². The Hall–Kier alpha value is -0.820. The summed E-state index contributed by atoms with van der Waals surface area (Å²) >= 11 is 0. The molecule has 0 amide bonds. The van der Waals surface area contributed by atoms with E-state index < -0.39 is 0 Å². The van der Waals surface area contributed by atoms with Crippen molar-refractivity contribution in [3.63, 3.8) is 0 Å². The highest BCUT2D eigenvalue weighted by atomic mass is 14.5. The van der Waals surface area contributed by atoms with Crippen LogP contribution in [0.2, 0.25) is 0 Å². The fraction of sp³-hybridized carbons (Fsp3) is 0.647. The Morgan fingerprint density at radius 2 is 1.78 bits per heavy atom. The van der Waals surface area contributed by atoms with Gasteiger partial charge in [-0.1, -0.05) is 45.9 Å². The Morgan fingerprint density at radius 1 is 1.11 bits per heavy atom. The topological polar surface area (TPSA) is 26.0 Å². The number of hydrogen-bond donors (Lipinski definition) is 1. The molecule has 0 spiro atoms. The lowest BCUT2D eigenvalue weighted by atomic mass is 9.83. The van der Waals surface area contributed by atoms with Crippen molar-refractivity contribution in [2.24, 2.45) is 11.7 Å². The Balaban J connectivity index is 3.05. The number of hydrogen-bond acceptors (Lipinski definition) is 1. The highest BCUT2D eigenvalue weighted by Crippen LogP contribution is 2.31. The number of rotatable bonds is 6. The second-order valence-corrected chi connectivity index (χ2v) is 6.17. The van der Waals surface area contributed by atoms with Gasteiger partial charge in [-0.3, -0.25) is 0 Å². The SMILES string of the molecule is Cc1ccc(C(C)C)cc1C(CCN)CC(C)C. The maximum Gasteiger partial charge on any atom is -0.00714 e. The summed E-state index contributed by atoms with van der Waals surface area (Å²) < 4.78 is 0. The van der Waals surface area contributed by atoms with Gasteiger partial charge in [0.05, 0.1) is 0 Å². The van der Waals surface area contributed by atoms with Gasteiger partial charge < -0.3 is 5.73 Å². The zero-order valence-corrected chi connectivity index (χ0v) is 12.7. The quantitative estimate of drug-likeness (QED) is 0.781. The molecule has 18 heavy (non-hydrogen) atoms. The van der Waals surface area contributed by atoms with Crippen LogP contribution in [0.25, 0.3) is 0 Å². The van der Waals surface area contributed by atoms with E-state index in [1.54, 1.807) is 0 Å².